The molecule has 1 aliphatic rings. The second kappa shape index (κ2) is 9.38. The number of methoxy groups -OCH3 is 1. The minimum absolute atomic E-state index is 0.127. The second-order valence-corrected chi connectivity index (χ2v) is 8.98. The van der Waals surface area contributed by atoms with Crippen LogP contribution in [0.15, 0.2) is 28.6 Å². The smallest absolute Gasteiger partial charge is 0.257 e. The van der Waals surface area contributed by atoms with Crippen LogP contribution in [0.2, 0.25) is 0 Å². The summed E-state index contributed by atoms with van der Waals surface area (Å²) in [5.74, 6) is 0.786. The van der Waals surface area contributed by atoms with E-state index in [9.17, 15) is 9.59 Å². The number of ether oxygens (including phenoxy) is 1. The van der Waals surface area contributed by atoms with Crippen LogP contribution < -0.4 is 10.1 Å². The minimum Gasteiger partial charge on any atom is -0.497 e. The Bertz CT molecular complexity index is 832. The van der Waals surface area contributed by atoms with Gasteiger partial charge in [-0.25, -0.2) is 0 Å². The number of carbonyl (C=O) groups excluding carboxylic acids is 2. The first kappa shape index (κ1) is 20.6. The largest absolute Gasteiger partial charge is 0.497 e. The van der Waals surface area contributed by atoms with E-state index in [1.54, 1.807) is 31.4 Å². The van der Waals surface area contributed by atoms with Gasteiger partial charge in [-0.3, -0.25) is 14.9 Å². The zero-order valence-corrected chi connectivity index (χ0v) is 17.8. The number of carbonyl (C=O) groups is 2. The van der Waals surface area contributed by atoms with Gasteiger partial charge in [0.15, 0.2) is 4.34 Å². The summed E-state index contributed by atoms with van der Waals surface area (Å²) in [6, 6.07) is 7.45. The fourth-order valence-corrected chi connectivity index (χ4v) is 4.98. The van der Waals surface area contributed by atoms with E-state index in [0.717, 1.165) is 12.8 Å². The van der Waals surface area contributed by atoms with Gasteiger partial charge in [-0.15, -0.1) is 10.2 Å². The third kappa shape index (κ3) is 5.02. The normalized spacial score (nSPS) is 19.3. The molecule has 0 aliphatic carbocycles. The number of aromatic nitrogens is 2. The Morgan fingerprint density at radius 2 is 2.04 bits per heavy atom. The number of anilines is 1. The number of hydrogen-bond donors (Lipinski definition) is 1. The number of likely N-dealkylation sites (tertiary alicyclic amines) is 1. The van der Waals surface area contributed by atoms with Crippen molar-refractivity contribution in [3.63, 3.8) is 0 Å². The van der Waals surface area contributed by atoms with Crippen LogP contribution >= 0.6 is 23.1 Å². The Kier molecular flexibility index (Phi) is 6.90. The van der Waals surface area contributed by atoms with Gasteiger partial charge in [-0.2, -0.15) is 0 Å². The number of benzene rings is 1. The van der Waals surface area contributed by atoms with Crippen molar-refractivity contribution >= 4 is 40.0 Å². The summed E-state index contributed by atoms with van der Waals surface area (Å²) in [6.07, 6.45) is 3.28. The molecule has 28 heavy (non-hydrogen) atoms. The zero-order chi connectivity index (χ0) is 20.1. The molecular formula is C19H24N4O3S2. The standard InChI is InChI=1S/C19H24N4O3S2/c1-12-6-4-7-13(2)23(12)16(24)11-27-19-22-21-18(28-19)20-17(25)14-8-5-9-15(10-14)26-3/h5,8-10,12-13H,4,6-7,11H2,1-3H3,(H,20,21,25)/t12-,13-/m1/s1. The van der Waals surface area contributed by atoms with Crippen molar-refractivity contribution in [2.75, 3.05) is 18.2 Å². The van der Waals surface area contributed by atoms with Crippen LogP contribution in [0.5, 0.6) is 5.75 Å². The maximum atomic E-state index is 12.6. The Balaban J connectivity index is 1.55. The summed E-state index contributed by atoms with van der Waals surface area (Å²) in [7, 11) is 1.55. The van der Waals surface area contributed by atoms with Crippen LogP contribution in [-0.4, -0.2) is 51.9 Å². The molecule has 1 aromatic carbocycles. The van der Waals surface area contributed by atoms with Gasteiger partial charge in [0.2, 0.25) is 11.0 Å². The van der Waals surface area contributed by atoms with E-state index < -0.39 is 0 Å². The molecule has 1 aliphatic heterocycles. The molecule has 1 saturated heterocycles. The molecule has 0 radical (unpaired) electrons. The molecule has 1 aromatic heterocycles. The van der Waals surface area contributed by atoms with Gasteiger partial charge < -0.3 is 9.64 Å². The van der Waals surface area contributed by atoms with Gasteiger partial charge in [0.1, 0.15) is 5.75 Å². The highest BCUT2D eigenvalue weighted by Crippen LogP contribution is 2.28. The number of hydrogen-bond acceptors (Lipinski definition) is 7. The van der Waals surface area contributed by atoms with Crippen LogP contribution in [0.4, 0.5) is 5.13 Å². The first-order valence-electron chi connectivity index (χ1n) is 9.21. The van der Waals surface area contributed by atoms with Gasteiger partial charge >= 0.3 is 0 Å². The lowest BCUT2D eigenvalue weighted by molar-refractivity contribution is -0.134. The molecule has 150 valence electrons. The summed E-state index contributed by atoms with van der Waals surface area (Å²) in [6.45, 7) is 4.21. The molecule has 0 unspecified atom stereocenters. The van der Waals surface area contributed by atoms with Gasteiger partial charge in [0.05, 0.1) is 12.9 Å². The topological polar surface area (TPSA) is 84.4 Å². The summed E-state index contributed by atoms with van der Waals surface area (Å²) in [5.41, 5.74) is 0.479. The van der Waals surface area contributed by atoms with Crippen LogP contribution in [0.25, 0.3) is 0 Å². The lowest BCUT2D eigenvalue weighted by Crippen LogP contribution is -2.48. The van der Waals surface area contributed by atoms with E-state index in [-0.39, 0.29) is 23.9 Å². The van der Waals surface area contributed by atoms with Crippen molar-refractivity contribution < 1.29 is 14.3 Å². The highest BCUT2D eigenvalue weighted by atomic mass is 32.2. The predicted molar refractivity (Wildman–Crippen MR) is 111 cm³/mol. The van der Waals surface area contributed by atoms with E-state index >= 15 is 0 Å². The third-order valence-corrected chi connectivity index (χ3v) is 6.72. The Morgan fingerprint density at radius 3 is 2.75 bits per heavy atom. The molecule has 0 bridgehead atoms. The molecule has 0 saturated carbocycles. The summed E-state index contributed by atoms with van der Waals surface area (Å²) in [4.78, 5) is 26.9. The molecule has 2 amide bonds. The number of rotatable bonds is 6. The van der Waals surface area contributed by atoms with Crippen molar-refractivity contribution in [3.8, 4) is 5.75 Å². The van der Waals surface area contributed by atoms with E-state index in [2.05, 4.69) is 29.4 Å². The maximum Gasteiger partial charge on any atom is 0.257 e. The average molecular weight is 421 g/mol. The van der Waals surface area contributed by atoms with Gasteiger partial charge in [-0.05, 0) is 51.3 Å². The summed E-state index contributed by atoms with van der Waals surface area (Å²) >= 11 is 2.62. The van der Waals surface area contributed by atoms with Gasteiger partial charge in [0.25, 0.3) is 5.91 Å². The van der Waals surface area contributed by atoms with Crippen molar-refractivity contribution in [2.24, 2.45) is 0 Å². The van der Waals surface area contributed by atoms with Crippen LogP contribution in [-0.2, 0) is 4.79 Å². The molecule has 1 fully saturated rings. The molecule has 2 heterocycles. The Labute approximate surface area is 172 Å². The lowest BCUT2D eigenvalue weighted by atomic mass is 9.98. The highest BCUT2D eigenvalue weighted by molar-refractivity contribution is 8.01. The van der Waals surface area contributed by atoms with Crippen molar-refractivity contribution in [1.29, 1.82) is 0 Å². The SMILES string of the molecule is COc1cccc(C(=O)Nc2nnc(SCC(=O)N3[C@H](C)CCC[C@H]3C)s2)c1. The molecule has 9 heteroatoms. The van der Waals surface area contributed by atoms with Crippen molar-refractivity contribution in [3.05, 3.63) is 29.8 Å². The average Bonchev–Trinajstić information content (AvgIpc) is 3.13. The molecule has 2 aromatic rings. The third-order valence-electron chi connectivity index (χ3n) is 4.76. The number of nitrogens with one attached hydrogen (secondary N) is 1. The minimum atomic E-state index is -0.279. The highest BCUT2D eigenvalue weighted by Gasteiger charge is 2.28. The predicted octanol–water partition coefficient (Wildman–Crippen LogP) is 3.68. The lowest BCUT2D eigenvalue weighted by Gasteiger charge is -2.39. The summed E-state index contributed by atoms with van der Waals surface area (Å²) < 4.78 is 5.79. The first-order chi connectivity index (χ1) is 13.5. The van der Waals surface area contributed by atoms with E-state index in [1.165, 1.54) is 29.5 Å². The number of piperidine rings is 1. The van der Waals surface area contributed by atoms with Crippen molar-refractivity contribution in [1.82, 2.24) is 15.1 Å². The van der Waals surface area contributed by atoms with E-state index in [0.29, 0.717) is 26.5 Å². The Morgan fingerprint density at radius 1 is 1.29 bits per heavy atom. The van der Waals surface area contributed by atoms with Crippen LogP contribution in [0, 0.1) is 0 Å². The monoisotopic (exact) mass is 420 g/mol. The number of amides is 2. The first-order valence-corrected chi connectivity index (χ1v) is 11.0. The molecule has 3 rings (SSSR count). The molecule has 0 spiro atoms. The maximum absolute atomic E-state index is 12.6. The zero-order valence-electron chi connectivity index (χ0n) is 16.2. The fraction of sp³-hybridized carbons (Fsp3) is 0.474. The van der Waals surface area contributed by atoms with Crippen molar-refractivity contribution in [2.45, 2.75) is 49.5 Å². The fourth-order valence-electron chi connectivity index (χ4n) is 3.36. The molecule has 2 atom stereocenters. The summed E-state index contributed by atoms with van der Waals surface area (Å²) in [5, 5.41) is 11.2. The van der Waals surface area contributed by atoms with Gasteiger partial charge in [0, 0.05) is 17.6 Å². The Hall–Kier alpha value is -2.13. The second-order valence-electron chi connectivity index (χ2n) is 6.78. The van der Waals surface area contributed by atoms with E-state index in [1.807, 2.05) is 4.90 Å². The van der Waals surface area contributed by atoms with Gasteiger partial charge in [-0.1, -0.05) is 29.2 Å². The number of thioether (sulfide) groups is 1. The quantitative estimate of drug-likeness (QED) is 0.567. The molecule has 1 N–H and O–H groups in total. The van der Waals surface area contributed by atoms with Crippen LogP contribution in [0.3, 0.4) is 0 Å². The number of nitrogens with zero attached hydrogens (tertiary/aromatic N) is 3. The molecule has 7 nitrogen and oxygen atoms in total. The van der Waals surface area contributed by atoms with E-state index in [4.69, 9.17) is 4.74 Å². The van der Waals surface area contributed by atoms with Crippen LogP contribution in [0.1, 0.15) is 43.5 Å². The molecular weight excluding hydrogens is 396 g/mol.